The summed E-state index contributed by atoms with van der Waals surface area (Å²) in [5, 5.41) is 15.6. The van der Waals surface area contributed by atoms with Crippen molar-refractivity contribution in [3.05, 3.63) is 70.8 Å². The normalized spacial score (nSPS) is 16.5. The van der Waals surface area contributed by atoms with Gasteiger partial charge in [0.2, 0.25) is 17.7 Å². The summed E-state index contributed by atoms with van der Waals surface area (Å²) >= 11 is 0. The number of sulfone groups is 1. The van der Waals surface area contributed by atoms with Crippen LogP contribution in [-0.4, -0.2) is 77.9 Å². The molecule has 3 rings (SSSR count). The average Bonchev–Trinajstić information content (AvgIpc) is 3.45. The van der Waals surface area contributed by atoms with Crippen molar-refractivity contribution in [3.63, 3.8) is 0 Å². The Morgan fingerprint density at radius 2 is 1.67 bits per heavy atom. The van der Waals surface area contributed by atoms with Crippen LogP contribution >= 0.6 is 12.4 Å². The molecule has 0 bridgehead atoms. The van der Waals surface area contributed by atoms with Crippen LogP contribution in [0.5, 0.6) is 0 Å². The maximum atomic E-state index is 14.3. The number of amides is 3. The van der Waals surface area contributed by atoms with Crippen molar-refractivity contribution in [3.8, 4) is 0 Å². The molecule has 3 amide bonds. The van der Waals surface area contributed by atoms with Crippen molar-refractivity contribution in [1.82, 2.24) is 15.5 Å². The fraction of sp³-hybridized carbons (Fsp3) is 0.559. The number of halogens is 3. The van der Waals surface area contributed by atoms with Crippen molar-refractivity contribution < 1.29 is 36.7 Å². The standard InChI is InChI=1S/C34H48F2N4O6S.ClH/c1-4-8-27(9-5-2)47(45,46)21-30(39-33(43)29-12-13-32(42)38-29)34(44)40(19-23-11-7-10-22(6-3)14-23)20-31(41)28(37)17-24-15-25(35)18-26(36)16-24;/h7,10-11,14-16,18,27-31,41H,4-6,8-9,12-13,17,19-21,37H2,1-3H3,(H,38,42)(H,39,43);1H/t28-,29-,30?,31+;/m0./s1. The zero-order valence-corrected chi connectivity index (χ0v) is 29.4. The Balaban J connectivity index is 0.00000800. The second-order valence-electron chi connectivity index (χ2n) is 12.4. The topological polar surface area (TPSA) is 159 Å². The Hall–Kier alpha value is -3.13. The molecule has 0 spiro atoms. The summed E-state index contributed by atoms with van der Waals surface area (Å²) < 4.78 is 55.0. The largest absolute Gasteiger partial charge is 0.390 e. The van der Waals surface area contributed by atoms with E-state index in [0.717, 1.165) is 30.2 Å². The summed E-state index contributed by atoms with van der Waals surface area (Å²) in [6.07, 6.45) is 1.59. The number of rotatable bonds is 18. The van der Waals surface area contributed by atoms with Crippen molar-refractivity contribution in [2.45, 2.75) is 108 Å². The minimum absolute atomic E-state index is 0. The summed E-state index contributed by atoms with van der Waals surface area (Å²) in [5.41, 5.74) is 8.17. The molecule has 48 heavy (non-hydrogen) atoms. The molecular formula is C34H49ClF2N4O6S. The summed E-state index contributed by atoms with van der Waals surface area (Å²) in [4.78, 5) is 40.7. The summed E-state index contributed by atoms with van der Waals surface area (Å²) in [7, 11) is -3.89. The molecule has 0 aliphatic carbocycles. The molecule has 0 saturated carbocycles. The van der Waals surface area contributed by atoms with Gasteiger partial charge in [-0.05, 0) is 60.9 Å². The predicted molar refractivity (Wildman–Crippen MR) is 183 cm³/mol. The van der Waals surface area contributed by atoms with Gasteiger partial charge in [0, 0.05) is 31.6 Å². The van der Waals surface area contributed by atoms with Gasteiger partial charge in [0.1, 0.15) is 23.7 Å². The highest BCUT2D eigenvalue weighted by atomic mass is 35.5. The lowest BCUT2D eigenvalue weighted by Crippen LogP contribution is -2.57. The van der Waals surface area contributed by atoms with E-state index in [0.29, 0.717) is 31.2 Å². The van der Waals surface area contributed by atoms with Crippen LogP contribution in [0.25, 0.3) is 0 Å². The third-order valence-corrected chi connectivity index (χ3v) is 10.7. The number of nitrogens with zero attached hydrogens (tertiary/aromatic N) is 1. The van der Waals surface area contributed by atoms with E-state index in [9.17, 15) is 36.7 Å². The Morgan fingerprint density at radius 1 is 1.04 bits per heavy atom. The Kier molecular flexibility index (Phi) is 16.4. The number of aliphatic hydroxyl groups is 1. The second-order valence-corrected chi connectivity index (χ2v) is 14.7. The number of hydrogen-bond acceptors (Lipinski definition) is 7. The van der Waals surface area contributed by atoms with E-state index in [-0.39, 0.29) is 56.2 Å². The van der Waals surface area contributed by atoms with Crippen molar-refractivity contribution in [2.75, 3.05) is 12.3 Å². The molecular weight excluding hydrogens is 666 g/mol. The summed E-state index contributed by atoms with van der Waals surface area (Å²) in [6, 6.07) is 6.89. The first-order chi connectivity index (χ1) is 22.3. The zero-order chi connectivity index (χ0) is 34.7. The van der Waals surface area contributed by atoms with Gasteiger partial charge in [-0.2, -0.15) is 0 Å². The number of benzene rings is 2. The molecule has 1 aliphatic heterocycles. The highest BCUT2D eigenvalue weighted by Crippen LogP contribution is 2.20. The van der Waals surface area contributed by atoms with Gasteiger partial charge in [0.15, 0.2) is 9.84 Å². The first kappa shape index (κ1) is 41.0. The van der Waals surface area contributed by atoms with Gasteiger partial charge >= 0.3 is 0 Å². The van der Waals surface area contributed by atoms with E-state index in [2.05, 4.69) is 10.6 Å². The fourth-order valence-corrected chi connectivity index (χ4v) is 8.05. The van der Waals surface area contributed by atoms with E-state index >= 15 is 0 Å². The predicted octanol–water partition coefficient (Wildman–Crippen LogP) is 3.36. The quantitative estimate of drug-likeness (QED) is 0.184. The maximum absolute atomic E-state index is 14.3. The van der Waals surface area contributed by atoms with Crippen molar-refractivity contribution >= 4 is 40.0 Å². The van der Waals surface area contributed by atoms with Gasteiger partial charge in [-0.3, -0.25) is 14.4 Å². The van der Waals surface area contributed by atoms with Gasteiger partial charge in [0.05, 0.1) is 17.1 Å². The van der Waals surface area contributed by atoms with Crippen LogP contribution in [-0.2, 0) is 43.6 Å². The molecule has 1 aliphatic rings. The van der Waals surface area contributed by atoms with E-state index in [1.54, 1.807) is 6.07 Å². The lowest BCUT2D eigenvalue weighted by atomic mass is 10.0. The van der Waals surface area contributed by atoms with Crippen LogP contribution in [0.4, 0.5) is 8.78 Å². The first-order valence-electron chi connectivity index (χ1n) is 16.3. The van der Waals surface area contributed by atoms with Crippen LogP contribution in [0.15, 0.2) is 42.5 Å². The molecule has 1 saturated heterocycles. The average molecular weight is 715 g/mol. The SMILES string of the molecule is CCCC(CCC)S(=O)(=O)CC(NC(=O)[C@@H]1CCC(=O)N1)C(=O)N(Cc1cccc(CC)c1)C[C@@H](O)[C@@H](N)Cc1cc(F)cc(F)c1.Cl. The van der Waals surface area contributed by atoms with Crippen molar-refractivity contribution in [1.29, 1.82) is 0 Å². The van der Waals surface area contributed by atoms with E-state index in [1.807, 2.05) is 39.0 Å². The molecule has 0 radical (unpaired) electrons. The summed E-state index contributed by atoms with van der Waals surface area (Å²) in [6.45, 7) is 5.33. The van der Waals surface area contributed by atoms with Gasteiger partial charge < -0.3 is 26.4 Å². The number of aryl methyl sites for hydroxylation is 1. The molecule has 1 fully saturated rings. The number of carbonyl (C=O) groups excluding carboxylic acids is 3. The number of carbonyl (C=O) groups is 3. The number of hydrogen-bond donors (Lipinski definition) is 4. The minimum Gasteiger partial charge on any atom is -0.390 e. The zero-order valence-electron chi connectivity index (χ0n) is 27.8. The van der Waals surface area contributed by atoms with E-state index in [4.69, 9.17) is 5.73 Å². The minimum atomic E-state index is -3.89. The third-order valence-electron chi connectivity index (χ3n) is 8.43. The molecule has 14 heteroatoms. The molecule has 0 aromatic heterocycles. The lowest BCUT2D eigenvalue weighted by Gasteiger charge is -2.32. The molecule has 4 atom stereocenters. The molecule has 2 aromatic carbocycles. The molecule has 10 nitrogen and oxygen atoms in total. The number of nitrogens with two attached hydrogens (primary N) is 1. The maximum Gasteiger partial charge on any atom is 0.246 e. The molecule has 2 aromatic rings. The molecule has 1 heterocycles. The van der Waals surface area contributed by atoms with Crippen LogP contribution in [0, 0.1) is 11.6 Å². The van der Waals surface area contributed by atoms with Crippen LogP contribution in [0.3, 0.4) is 0 Å². The molecule has 1 unspecified atom stereocenters. The Bertz CT molecular complexity index is 1470. The third kappa shape index (κ3) is 12.1. The van der Waals surface area contributed by atoms with Crippen molar-refractivity contribution in [2.24, 2.45) is 5.73 Å². The van der Waals surface area contributed by atoms with Crippen LogP contribution in [0.2, 0.25) is 0 Å². The Labute approximate surface area is 288 Å². The highest BCUT2D eigenvalue weighted by molar-refractivity contribution is 7.92. The Morgan fingerprint density at radius 3 is 2.23 bits per heavy atom. The number of nitrogens with one attached hydrogen (secondary N) is 2. The molecule has 268 valence electrons. The lowest BCUT2D eigenvalue weighted by molar-refractivity contribution is -0.138. The van der Waals surface area contributed by atoms with Gasteiger partial charge in [-0.25, -0.2) is 17.2 Å². The van der Waals surface area contributed by atoms with Crippen LogP contribution in [0.1, 0.15) is 76.0 Å². The monoisotopic (exact) mass is 714 g/mol. The van der Waals surface area contributed by atoms with E-state index < -0.39 is 68.5 Å². The fourth-order valence-electron chi connectivity index (χ4n) is 5.89. The second kappa shape index (κ2) is 19.2. The van der Waals surface area contributed by atoms with Gasteiger partial charge in [-0.1, -0.05) is 57.9 Å². The van der Waals surface area contributed by atoms with Crippen LogP contribution < -0.4 is 16.4 Å². The smallest absolute Gasteiger partial charge is 0.246 e. The van der Waals surface area contributed by atoms with Gasteiger partial charge in [0.25, 0.3) is 0 Å². The number of aliphatic hydroxyl groups excluding tert-OH is 1. The van der Waals surface area contributed by atoms with Gasteiger partial charge in [-0.15, -0.1) is 12.4 Å². The summed E-state index contributed by atoms with van der Waals surface area (Å²) in [5.74, 6) is -4.00. The molecule has 5 N–H and O–H groups in total. The highest BCUT2D eigenvalue weighted by Gasteiger charge is 2.37. The first-order valence-corrected chi connectivity index (χ1v) is 18.0. The van der Waals surface area contributed by atoms with E-state index in [1.165, 1.54) is 4.90 Å².